The molecule has 0 aliphatic carbocycles. The molecule has 0 saturated carbocycles. The van der Waals surface area contributed by atoms with Crippen LogP contribution in [0.3, 0.4) is 0 Å². The highest BCUT2D eigenvalue weighted by Crippen LogP contribution is 2.32. The van der Waals surface area contributed by atoms with E-state index in [1.807, 2.05) is 24.3 Å². The van der Waals surface area contributed by atoms with Crippen molar-refractivity contribution in [3.8, 4) is 0 Å². The highest BCUT2D eigenvalue weighted by Gasteiger charge is 2.38. The van der Waals surface area contributed by atoms with Crippen molar-refractivity contribution >= 4 is 21.7 Å². The molecule has 0 amide bonds. The number of anilines is 1. The van der Waals surface area contributed by atoms with Crippen molar-refractivity contribution in [3.05, 3.63) is 29.8 Å². The summed E-state index contributed by atoms with van der Waals surface area (Å²) in [6.07, 6.45) is -1.73. The summed E-state index contributed by atoms with van der Waals surface area (Å²) < 4.78 is 57.1. The average Bonchev–Trinajstić information content (AvgIpc) is 2.47. The topological polar surface area (TPSA) is 86.7 Å². The molecule has 0 unspecified atom stereocenters. The first-order valence-electron chi connectivity index (χ1n) is 7.45. The molecule has 1 aliphatic rings. The number of para-hydroxylation sites is 1. The Morgan fingerprint density at radius 2 is 1.72 bits per heavy atom. The van der Waals surface area contributed by atoms with Crippen LogP contribution in [0.1, 0.15) is 24.3 Å². The Hall–Kier alpha value is -1.81. The molecular weight excluding hydrogens is 361 g/mol. The molecule has 1 fully saturated rings. The van der Waals surface area contributed by atoms with Gasteiger partial charge in [-0.3, -0.25) is 4.72 Å². The third kappa shape index (κ3) is 7.74. The lowest BCUT2D eigenvalue weighted by atomic mass is 9.89. The summed E-state index contributed by atoms with van der Waals surface area (Å²) in [5, 5.41) is 7.12. The van der Waals surface area contributed by atoms with Crippen molar-refractivity contribution < 1.29 is 31.5 Å². The predicted molar refractivity (Wildman–Crippen MR) is 88.1 cm³/mol. The van der Waals surface area contributed by atoms with E-state index < -0.39 is 22.2 Å². The molecule has 1 aliphatic heterocycles. The number of aliphatic carboxylic acids is 1. The summed E-state index contributed by atoms with van der Waals surface area (Å²) in [7, 11) is -1.09. The number of carboxylic acid groups (broad SMARTS) is 1. The van der Waals surface area contributed by atoms with Crippen LogP contribution in [-0.2, 0) is 14.8 Å². The number of carbonyl (C=O) groups is 1. The van der Waals surface area contributed by atoms with E-state index in [1.54, 1.807) is 0 Å². The Morgan fingerprint density at radius 1 is 1.24 bits per heavy atom. The Morgan fingerprint density at radius 3 is 2.16 bits per heavy atom. The van der Waals surface area contributed by atoms with Crippen molar-refractivity contribution in [1.29, 1.82) is 0 Å². The fraction of sp³-hybridized carbons (Fsp3) is 0.533. The molecule has 0 atom stereocenters. The van der Waals surface area contributed by atoms with Gasteiger partial charge in [-0.25, -0.2) is 13.2 Å². The molecule has 0 spiro atoms. The van der Waals surface area contributed by atoms with Crippen LogP contribution in [0, 0.1) is 0 Å². The van der Waals surface area contributed by atoms with Crippen LogP contribution in [0.4, 0.5) is 18.9 Å². The number of piperidine rings is 1. The van der Waals surface area contributed by atoms with Crippen LogP contribution in [-0.4, -0.2) is 57.0 Å². The Kier molecular flexibility index (Phi) is 7.24. The first-order chi connectivity index (χ1) is 11.4. The number of rotatable bonds is 3. The predicted octanol–water partition coefficient (Wildman–Crippen LogP) is 2.50. The number of carboxylic acids is 1. The minimum atomic E-state index is -5.08. The second kappa shape index (κ2) is 8.52. The van der Waals surface area contributed by atoms with E-state index in [-0.39, 0.29) is 0 Å². The lowest BCUT2D eigenvalue weighted by molar-refractivity contribution is -0.192. The second-order valence-electron chi connectivity index (χ2n) is 5.84. The molecule has 1 aromatic rings. The molecule has 2 N–H and O–H groups in total. The van der Waals surface area contributed by atoms with Gasteiger partial charge in [-0.2, -0.15) is 13.2 Å². The van der Waals surface area contributed by atoms with Gasteiger partial charge in [0.2, 0.25) is 10.0 Å². The molecule has 2 rings (SSSR count). The minimum Gasteiger partial charge on any atom is -0.475 e. The largest absolute Gasteiger partial charge is 0.490 e. The average molecular weight is 382 g/mol. The molecule has 1 saturated heterocycles. The number of hydrogen-bond acceptors (Lipinski definition) is 4. The van der Waals surface area contributed by atoms with Gasteiger partial charge in [0.05, 0.1) is 11.9 Å². The number of alkyl halides is 3. The summed E-state index contributed by atoms with van der Waals surface area (Å²) in [6.45, 7) is 2.13. The van der Waals surface area contributed by atoms with E-state index in [0.29, 0.717) is 5.92 Å². The molecule has 1 heterocycles. The smallest absolute Gasteiger partial charge is 0.475 e. The molecule has 0 aromatic heterocycles. The summed E-state index contributed by atoms with van der Waals surface area (Å²) in [5.74, 6) is -2.31. The van der Waals surface area contributed by atoms with E-state index in [4.69, 9.17) is 9.90 Å². The van der Waals surface area contributed by atoms with Crippen molar-refractivity contribution in [2.75, 3.05) is 31.1 Å². The molecule has 0 bridgehead atoms. The zero-order valence-electron chi connectivity index (χ0n) is 13.9. The van der Waals surface area contributed by atoms with Gasteiger partial charge in [-0.05, 0) is 50.5 Å². The summed E-state index contributed by atoms with van der Waals surface area (Å²) in [5.41, 5.74) is 1.85. The van der Waals surface area contributed by atoms with E-state index >= 15 is 0 Å². The van der Waals surface area contributed by atoms with Crippen molar-refractivity contribution in [2.45, 2.75) is 24.9 Å². The molecule has 6 nitrogen and oxygen atoms in total. The molecule has 142 valence electrons. The normalized spacial score (nSPS) is 16.7. The van der Waals surface area contributed by atoms with E-state index in [9.17, 15) is 21.6 Å². The van der Waals surface area contributed by atoms with Crippen LogP contribution in [0.25, 0.3) is 0 Å². The van der Waals surface area contributed by atoms with Gasteiger partial charge in [0, 0.05) is 0 Å². The van der Waals surface area contributed by atoms with Crippen molar-refractivity contribution in [2.24, 2.45) is 0 Å². The second-order valence-corrected chi connectivity index (χ2v) is 7.59. The number of nitrogens with one attached hydrogen (secondary N) is 1. The zero-order chi connectivity index (χ0) is 19.3. The molecule has 25 heavy (non-hydrogen) atoms. The maximum atomic E-state index is 11.4. The van der Waals surface area contributed by atoms with Crippen LogP contribution < -0.4 is 4.72 Å². The first-order valence-corrected chi connectivity index (χ1v) is 9.34. The van der Waals surface area contributed by atoms with Crippen LogP contribution in [0.5, 0.6) is 0 Å². The lowest BCUT2D eigenvalue weighted by Gasteiger charge is -2.30. The van der Waals surface area contributed by atoms with Gasteiger partial charge in [-0.1, -0.05) is 18.2 Å². The maximum Gasteiger partial charge on any atom is 0.490 e. The number of halogens is 3. The van der Waals surface area contributed by atoms with Gasteiger partial charge < -0.3 is 10.0 Å². The highest BCUT2D eigenvalue weighted by atomic mass is 32.2. The summed E-state index contributed by atoms with van der Waals surface area (Å²) in [6, 6.07) is 7.71. The molecular formula is C15H21F3N2O4S. The molecule has 1 aromatic carbocycles. The molecule has 10 heteroatoms. The standard InChI is InChI=1S/C13H20N2O2S.C2HF3O2/c1-15-9-7-11(8-10-15)12-5-3-4-6-13(12)14-18(2,16)17;3-2(4,5)1(6)7/h3-6,11,14H,7-10H2,1-2H3;(H,6,7). The highest BCUT2D eigenvalue weighted by molar-refractivity contribution is 7.92. The Labute approximate surface area is 144 Å². The monoisotopic (exact) mass is 382 g/mol. The van der Waals surface area contributed by atoms with E-state index in [1.165, 1.54) is 6.26 Å². The SMILES string of the molecule is CN1CCC(c2ccccc2NS(C)(=O)=O)CC1.O=C(O)C(F)(F)F. The fourth-order valence-electron chi connectivity index (χ4n) is 2.47. The summed E-state index contributed by atoms with van der Waals surface area (Å²) in [4.78, 5) is 11.2. The van der Waals surface area contributed by atoms with Gasteiger partial charge in [0.1, 0.15) is 0 Å². The van der Waals surface area contributed by atoms with Crippen LogP contribution in [0.15, 0.2) is 24.3 Å². The zero-order valence-corrected chi connectivity index (χ0v) is 14.7. The number of hydrogen-bond donors (Lipinski definition) is 2. The van der Waals surface area contributed by atoms with E-state index in [0.717, 1.165) is 37.2 Å². The van der Waals surface area contributed by atoms with Crippen LogP contribution >= 0.6 is 0 Å². The number of sulfonamides is 1. The maximum absolute atomic E-state index is 11.4. The third-order valence-corrected chi connectivity index (χ3v) is 4.25. The first kappa shape index (κ1) is 21.2. The number of likely N-dealkylation sites (tertiary alicyclic amines) is 1. The van der Waals surface area contributed by atoms with Gasteiger partial charge >= 0.3 is 12.1 Å². The van der Waals surface area contributed by atoms with E-state index in [2.05, 4.69) is 16.7 Å². The summed E-state index contributed by atoms with van der Waals surface area (Å²) >= 11 is 0. The number of nitrogens with zero attached hydrogens (tertiary/aromatic N) is 1. The lowest BCUT2D eigenvalue weighted by Crippen LogP contribution is -2.29. The minimum absolute atomic E-state index is 0.451. The Balaban J connectivity index is 0.000000381. The van der Waals surface area contributed by atoms with Gasteiger partial charge in [-0.15, -0.1) is 0 Å². The fourth-order valence-corrected chi connectivity index (χ4v) is 3.05. The third-order valence-electron chi connectivity index (χ3n) is 3.66. The van der Waals surface area contributed by atoms with Crippen molar-refractivity contribution in [3.63, 3.8) is 0 Å². The quantitative estimate of drug-likeness (QED) is 0.839. The van der Waals surface area contributed by atoms with Gasteiger partial charge in [0.15, 0.2) is 0 Å². The molecule has 0 radical (unpaired) electrons. The van der Waals surface area contributed by atoms with Crippen LogP contribution in [0.2, 0.25) is 0 Å². The number of benzene rings is 1. The van der Waals surface area contributed by atoms with Gasteiger partial charge in [0.25, 0.3) is 0 Å². The van der Waals surface area contributed by atoms with Crippen molar-refractivity contribution in [1.82, 2.24) is 4.90 Å². The Bertz CT molecular complexity index is 684.